The van der Waals surface area contributed by atoms with Crippen molar-refractivity contribution in [2.45, 2.75) is 37.8 Å². The third-order valence-electron chi connectivity index (χ3n) is 6.08. The van der Waals surface area contributed by atoms with Gasteiger partial charge in [0.05, 0.1) is 22.9 Å². The minimum Gasteiger partial charge on any atom is -0.493 e. The van der Waals surface area contributed by atoms with Gasteiger partial charge in [-0.05, 0) is 38.6 Å². The standard InChI is InChI=1S/C22H32N6O4S/c1-5-7-17-19-20(27(4)25-17)22(29)24-21(23-19)16-14-15(8-9-18(16)32-6-2)33(30,31)28-12-10-26(3)11-13-28/h8-9,14,21,23H,5-7,10-13H2,1-4H3,(H,24,29). The van der Waals surface area contributed by atoms with Crippen molar-refractivity contribution >= 4 is 21.6 Å². The van der Waals surface area contributed by atoms with Gasteiger partial charge in [0.1, 0.15) is 17.6 Å². The summed E-state index contributed by atoms with van der Waals surface area (Å²) in [7, 11) is 0.0556. The molecule has 4 rings (SSSR count). The lowest BCUT2D eigenvalue weighted by Crippen LogP contribution is -2.47. The molecule has 10 nitrogen and oxygen atoms in total. The molecule has 2 aliphatic heterocycles. The van der Waals surface area contributed by atoms with Crippen LogP contribution in [0, 0.1) is 0 Å². The number of carbonyl (C=O) groups excluding carboxylic acids is 1. The SMILES string of the molecule is CCCc1nn(C)c2c1NC(c1cc(S(=O)(=O)N3CCN(C)CC3)ccc1OCC)NC2=O. The van der Waals surface area contributed by atoms with Crippen molar-refractivity contribution in [1.29, 1.82) is 0 Å². The van der Waals surface area contributed by atoms with Gasteiger partial charge in [0.2, 0.25) is 10.0 Å². The summed E-state index contributed by atoms with van der Waals surface area (Å²) in [5.41, 5.74) is 2.53. The van der Waals surface area contributed by atoms with Crippen LogP contribution in [-0.2, 0) is 23.5 Å². The highest BCUT2D eigenvalue weighted by Crippen LogP contribution is 2.35. The molecule has 0 radical (unpaired) electrons. The van der Waals surface area contributed by atoms with Crippen molar-refractivity contribution < 1.29 is 17.9 Å². The maximum Gasteiger partial charge on any atom is 0.273 e. The van der Waals surface area contributed by atoms with E-state index < -0.39 is 16.2 Å². The third-order valence-corrected chi connectivity index (χ3v) is 7.97. The van der Waals surface area contributed by atoms with Gasteiger partial charge in [-0.25, -0.2) is 8.42 Å². The number of sulfonamides is 1. The van der Waals surface area contributed by atoms with Crippen LogP contribution in [0.15, 0.2) is 23.1 Å². The van der Waals surface area contributed by atoms with E-state index in [4.69, 9.17) is 4.74 Å². The Morgan fingerprint density at radius 1 is 1.12 bits per heavy atom. The van der Waals surface area contributed by atoms with Crippen molar-refractivity contribution in [3.8, 4) is 5.75 Å². The first-order valence-corrected chi connectivity index (χ1v) is 12.8. The van der Waals surface area contributed by atoms with Gasteiger partial charge in [0, 0.05) is 38.8 Å². The normalized spacial score (nSPS) is 19.6. The summed E-state index contributed by atoms with van der Waals surface area (Å²) in [5, 5.41) is 10.8. The molecule has 2 N–H and O–H groups in total. The first-order chi connectivity index (χ1) is 15.8. The first kappa shape index (κ1) is 23.5. The van der Waals surface area contributed by atoms with Gasteiger partial charge in [0.25, 0.3) is 5.91 Å². The third kappa shape index (κ3) is 4.44. The highest BCUT2D eigenvalue weighted by molar-refractivity contribution is 7.89. The minimum absolute atomic E-state index is 0.187. The fourth-order valence-corrected chi connectivity index (χ4v) is 5.77. The Hall–Kier alpha value is -2.63. The van der Waals surface area contributed by atoms with E-state index in [1.807, 2.05) is 14.0 Å². The number of anilines is 1. The first-order valence-electron chi connectivity index (χ1n) is 11.3. The summed E-state index contributed by atoms with van der Waals surface area (Å²) in [6.45, 7) is 6.60. The molecule has 0 bridgehead atoms. The second-order valence-electron chi connectivity index (χ2n) is 8.43. The van der Waals surface area contributed by atoms with Crippen LogP contribution in [0.3, 0.4) is 0 Å². The summed E-state index contributed by atoms with van der Waals surface area (Å²) in [6, 6.07) is 4.85. The topological polar surface area (TPSA) is 109 Å². The number of ether oxygens (including phenoxy) is 1. The van der Waals surface area contributed by atoms with E-state index >= 15 is 0 Å². The number of hydrogen-bond donors (Lipinski definition) is 2. The molecule has 1 saturated heterocycles. The van der Waals surface area contributed by atoms with Crippen LogP contribution in [-0.4, -0.2) is 73.1 Å². The van der Waals surface area contributed by atoms with E-state index in [2.05, 4.69) is 27.6 Å². The van der Waals surface area contributed by atoms with Crippen LogP contribution >= 0.6 is 0 Å². The summed E-state index contributed by atoms with van der Waals surface area (Å²) < 4.78 is 35.6. The molecule has 1 atom stereocenters. The number of piperazine rings is 1. The molecule has 1 fully saturated rings. The van der Waals surface area contributed by atoms with E-state index in [1.165, 1.54) is 4.31 Å². The zero-order valence-corrected chi connectivity index (χ0v) is 20.4. The molecule has 2 aromatic rings. The number of nitrogens with zero attached hydrogens (tertiary/aromatic N) is 4. The molecular formula is C22H32N6O4S. The number of aryl methyl sites for hydroxylation is 2. The molecule has 0 saturated carbocycles. The van der Waals surface area contributed by atoms with Gasteiger partial charge >= 0.3 is 0 Å². The molecule has 0 spiro atoms. The highest BCUT2D eigenvalue weighted by Gasteiger charge is 2.34. The van der Waals surface area contributed by atoms with Gasteiger partial charge in [-0.15, -0.1) is 0 Å². The highest BCUT2D eigenvalue weighted by atomic mass is 32.2. The van der Waals surface area contributed by atoms with Crippen LogP contribution in [0.5, 0.6) is 5.75 Å². The number of nitrogens with one attached hydrogen (secondary N) is 2. The number of benzene rings is 1. The van der Waals surface area contributed by atoms with E-state index in [0.29, 0.717) is 55.5 Å². The van der Waals surface area contributed by atoms with Crippen LogP contribution in [0.25, 0.3) is 0 Å². The van der Waals surface area contributed by atoms with E-state index in [1.54, 1.807) is 29.9 Å². The Balaban J connectivity index is 1.72. The fourth-order valence-electron chi connectivity index (χ4n) is 4.32. The van der Waals surface area contributed by atoms with Crippen molar-refractivity contribution in [2.75, 3.05) is 45.2 Å². The second-order valence-corrected chi connectivity index (χ2v) is 10.4. The smallest absolute Gasteiger partial charge is 0.273 e. The molecular weight excluding hydrogens is 444 g/mol. The maximum absolute atomic E-state index is 13.3. The van der Waals surface area contributed by atoms with E-state index in [0.717, 1.165) is 18.5 Å². The predicted molar refractivity (Wildman–Crippen MR) is 125 cm³/mol. The Morgan fingerprint density at radius 3 is 2.52 bits per heavy atom. The summed E-state index contributed by atoms with van der Waals surface area (Å²) in [5.74, 6) is 0.262. The zero-order valence-electron chi connectivity index (χ0n) is 19.6. The molecule has 11 heteroatoms. The number of amides is 1. The van der Waals surface area contributed by atoms with Crippen LogP contribution in [0.4, 0.5) is 5.69 Å². The monoisotopic (exact) mass is 476 g/mol. The van der Waals surface area contributed by atoms with Crippen LogP contribution < -0.4 is 15.4 Å². The number of carbonyl (C=O) groups is 1. The Labute approximate surface area is 194 Å². The summed E-state index contributed by atoms with van der Waals surface area (Å²) in [4.78, 5) is 15.2. The Morgan fingerprint density at radius 2 is 1.85 bits per heavy atom. The van der Waals surface area contributed by atoms with E-state index in [-0.39, 0.29) is 10.8 Å². The number of rotatable bonds is 7. The lowest BCUT2D eigenvalue weighted by molar-refractivity contribution is 0.0925. The number of aromatic nitrogens is 2. The predicted octanol–water partition coefficient (Wildman–Crippen LogP) is 1.56. The van der Waals surface area contributed by atoms with Crippen molar-refractivity contribution in [1.82, 2.24) is 24.3 Å². The average molecular weight is 477 g/mol. The van der Waals surface area contributed by atoms with Crippen LogP contribution in [0.2, 0.25) is 0 Å². The molecule has 0 aliphatic carbocycles. The zero-order chi connectivity index (χ0) is 23.8. The molecule has 2 aliphatic rings. The number of likely N-dealkylation sites (N-methyl/N-ethyl adjacent to an activating group) is 1. The van der Waals surface area contributed by atoms with Gasteiger partial charge in [-0.2, -0.15) is 9.40 Å². The maximum atomic E-state index is 13.3. The van der Waals surface area contributed by atoms with E-state index in [9.17, 15) is 13.2 Å². The summed E-state index contributed by atoms with van der Waals surface area (Å²) >= 11 is 0. The number of hydrogen-bond acceptors (Lipinski definition) is 7. The lowest BCUT2D eigenvalue weighted by atomic mass is 10.1. The molecule has 1 unspecified atom stereocenters. The van der Waals surface area contributed by atoms with Crippen molar-refractivity contribution in [2.24, 2.45) is 7.05 Å². The largest absolute Gasteiger partial charge is 0.493 e. The minimum atomic E-state index is -3.67. The van der Waals surface area contributed by atoms with Gasteiger partial charge in [-0.3, -0.25) is 9.48 Å². The molecule has 1 aromatic carbocycles. The second kappa shape index (κ2) is 9.32. The van der Waals surface area contributed by atoms with Crippen LogP contribution in [0.1, 0.15) is 48.2 Å². The quantitative estimate of drug-likeness (QED) is 0.624. The molecule has 33 heavy (non-hydrogen) atoms. The molecule has 1 amide bonds. The molecule has 180 valence electrons. The number of fused-ring (bicyclic) bond motifs is 1. The molecule has 3 heterocycles. The van der Waals surface area contributed by atoms with Crippen molar-refractivity contribution in [3.63, 3.8) is 0 Å². The summed E-state index contributed by atoms with van der Waals surface area (Å²) in [6.07, 6.45) is 0.973. The Bertz CT molecular complexity index is 1140. The van der Waals surface area contributed by atoms with Gasteiger partial charge < -0.3 is 20.3 Å². The fraction of sp³-hybridized carbons (Fsp3) is 0.545. The average Bonchev–Trinajstić information content (AvgIpc) is 3.10. The van der Waals surface area contributed by atoms with Gasteiger partial charge in [0.15, 0.2) is 0 Å². The lowest BCUT2D eigenvalue weighted by Gasteiger charge is -2.32. The van der Waals surface area contributed by atoms with Crippen molar-refractivity contribution in [3.05, 3.63) is 35.2 Å². The molecule has 1 aromatic heterocycles. The Kier molecular flexibility index (Phi) is 6.64. The van der Waals surface area contributed by atoms with Gasteiger partial charge in [-0.1, -0.05) is 13.3 Å².